The Hall–Kier alpha value is -0.260. The van der Waals surface area contributed by atoms with Gasteiger partial charge in [0.1, 0.15) is 0 Å². The minimum Gasteiger partial charge on any atom is -0.383 e. The highest BCUT2D eigenvalue weighted by atomic mass is 32.2. The molecule has 0 radical (unpaired) electrons. The van der Waals surface area contributed by atoms with Gasteiger partial charge >= 0.3 is 0 Å². The van der Waals surface area contributed by atoms with Gasteiger partial charge in [0.2, 0.25) is 5.91 Å². The average molecular weight is 248 g/mol. The Labute approximate surface area is 103 Å². The molecule has 0 aromatic rings. The predicted octanol–water partition coefficient (Wildman–Crippen LogP) is 0.822. The second kappa shape index (κ2) is 7.92. The molecule has 5 heteroatoms. The summed E-state index contributed by atoms with van der Waals surface area (Å²) in [4.78, 5) is 13.4. The van der Waals surface area contributed by atoms with Crippen LogP contribution in [0, 0.1) is 0 Å². The van der Waals surface area contributed by atoms with E-state index in [0.717, 1.165) is 19.7 Å². The third kappa shape index (κ3) is 7.96. The first kappa shape index (κ1) is 15.7. The van der Waals surface area contributed by atoms with E-state index >= 15 is 0 Å². The van der Waals surface area contributed by atoms with E-state index in [9.17, 15) is 4.79 Å². The number of nitrogens with one attached hydrogen (secondary N) is 1. The summed E-state index contributed by atoms with van der Waals surface area (Å²) in [6.07, 6.45) is 0. The first-order valence-corrected chi connectivity index (χ1v) is 6.42. The van der Waals surface area contributed by atoms with E-state index in [1.165, 1.54) is 0 Å². The van der Waals surface area contributed by atoms with Crippen LogP contribution < -0.4 is 5.32 Å². The van der Waals surface area contributed by atoms with Crippen molar-refractivity contribution in [2.24, 2.45) is 0 Å². The van der Waals surface area contributed by atoms with E-state index in [1.807, 2.05) is 0 Å². The number of hydrogen-bond donors (Lipinski definition) is 1. The Morgan fingerprint density at radius 1 is 1.50 bits per heavy atom. The molecule has 0 rings (SSSR count). The summed E-state index contributed by atoms with van der Waals surface area (Å²) in [5, 5.41) is 2.63. The van der Waals surface area contributed by atoms with Gasteiger partial charge in [-0.15, -0.1) is 11.8 Å². The van der Waals surface area contributed by atoms with Gasteiger partial charge in [-0.1, -0.05) is 0 Å². The van der Waals surface area contributed by atoms with E-state index in [2.05, 4.69) is 31.1 Å². The second-order valence-electron chi connectivity index (χ2n) is 4.45. The molecule has 0 saturated carbocycles. The molecule has 96 valence electrons. The molecule has 0 heterocycles. The van der Waals surface area contributed by atoms with Gasteiger partial charge < -0.3 is 15.0 Å². The van der Waals surface area contributed by atoms with Gasteiger partial charge in [-0.2, -0.15) is 0 Å². The third-order valence-electron chi connectivity index (χ3n) is 2.20. The van der Waals surface area contributed by atoms with Gasteiger partial charge in [0, 0.05) is 32.0 Å². The van der Waals surface area contributed by atoms with E-state index in [0.29, 0.717) is 5.75 Å². The van der Waals surface area contributed by atoms with Gasteiger partial charge in [-0.25, -0.2) is 0 Å². The quantitative estimate of drug-likeness (QED) is 0.690. The maximum atomic E-state index is 11.2. The number of carbonyl (C=O) groups excluding carboxylic acids is 1. The van der Waals surface area contributed by atoms with Crippen LogP contribution in [0.3, 0.4) is 0 Å². The molecule has 0 bridgehead atoms. The molecule has 0 atom stereocenters. The molecule has 0 aromatic carbocycles. The molecular weight excluding hydrogens is 224 g/mol. The highest BCUT2D eigenvalue weighted by Gasteiger charge is 2.21. The van der Waals surface area contributed by atoms with Gasteiger partial charge in [0.05, 0.1) is 12.4 Å². The van der Waals surface area contributed by atoms with Crippen molar-refractivity contribution in [1.29, 1.82) is 0 Å². The standard InChI is InChI=1S/C11H24N2O2S/c1-11(2,16-8-10(14)12-3)9-13(4)6-7-15-5/h6-9H2,1-5H3,(H,12,14). The largest absolute Gasteiger partial charge is 0.383 e. The molecule has 0 aliphatic carbocycles. The topological polar surface area (TPSA) is 41.6 Å². The lowest BCUT2D eigenvalue weighted by molar-refractivity contribution is -0.118. The fourth-order valence-electron chi connectivity index (χ4n) is 1.35. The van der Waals surface area contributed by atoms with Gasteiger partial charge in [-0.3, -0.25) is 4.79 Å². The molecule has 1 amide bonds. The number of amides is 1. The molecule has 0 aliphatic rings. The molecule has 0 unspecified atom stereocenters. The normalized spacial score (nSPS) is 11.9. The number of thioether (sulfide) groups is 1. The Morgan fingerprint density at radius 2 is 2.12 bits per heavy atom. The van der Waals surface area contributed by atoms with Crippen LogP contribution in [0.25, 0.3) is 0 Å². The SMILES string of the molecule is CNC(=O)CSC(C)(C)CN(C)CCOC. The Morgan fingerprint density at radius 3 is 2.62 bits per heavy atom. The van der Waals surface area contributed by atoms with Crippen LogP contribution in [0.2, 0.25) is 0 Å². The van der Waals surface area contributed by atoms with E-state index in [4.69, 9.17) is 4.74 Å². The second-order valence-corrected chi connectivity index (χ2v) is 6.13. The molecule has 16 heavy (non-hydrogen) atoms. The van der Waals surface area contributed by atoms with Crippen molar-refractivity contribution in [2.75, 3.05) is 46.7 Å². The van der Waals surface area contributed by atoms with Crippen molar-refractivity contribution in [3.63, 3.8) is 0 Å². The van der Waals surface area contributed by atoms with Gasteiger partial charge in [0.15, 0.2) is 0 Å². The van der Waals surface area contributed by atoms with Crippen molar-refractivity contribution in [2.45, 2.75) is 18.6 Å². The van der Waals surface area contributed by atoms with Crippen molar-refractivity contribution >= 4 is 17.7 Å². The lowest BCUT2D eigenvalue weighted by Gasteiger charge is -2.29. The highest BCUT2D eigenvalue weighted by Crippen LogP contribution is 2.24. The van der Waals surface area contributed by atoms with Crippen LogP contribution >= 0.6 is 11.8 Å². The van der Waals surface area contributed by atoms with Gasteiger partial charge in [-0.05, 0) is 20.9 Å². The lowest BCUT2D eigenvalue weighted by atomic mass is 10.2. The molecular formula is C11H24N2O2S. The van der Waals surface area contributed by atoms with Crippen LogP contribution in [-0.2, 0) is 9.53 Å². The Balaban J connectivity index is 3.88. The average Bonchev–Trinajstić information content (AvgIpc) is 2.22. The van der Waals surface area contributed by atoms with Crippen molar-refractivity contribution in [1.82, 2.24) is 10.2 Å². The summed E-state index contributed by atoms with van der Waals surface area (Å²) in [6, 6.07) is 0. The molecule has 0 spiro atoms. The zero-order valence-corrected chi connectivity index (χ0v) is 11.8. The molecule has 0 saturated heterocycles. The number of carbonyl (C=O) groups is 1. The summed E-state index contributed by atoms with van der Waals surface area (Å²) in [6.45, 7) is 6.92. The highest BCUT2D eigenvalue weighted by molar-refractivity contribution is 8.01. The molecule has 1 N–H and O–H groups in total. The summed E-state index contributed by atoms with van der Waals surface area (Å²) < 4.78 is 5.11. The summed E-state index contributed by atoms with van der Waals surface area (Å²) in [7, 11) is 5.45. The van der Waals surface area contributed by atoms with Crippen LogP contribution in [0.1, 0.15) is 13.8 Å². The zero-order chi connectivity index (χ0) is 12.6. The van der Waals surface area contributed by atoms with Gasteiger partial charge in [0.25, 0.3) is 0 Å². The predicted molar refractivity (Wildman–Crippen MR) is 70.0 cm³/mol. The maximum absolute atomic E-state index is 11.2. The summed E-state index contributed by atoms with van der Waals surface area (Å²) >= 11 is 1.68. The minimum atomic E-state index is 0.0784. The zero-order valence-electron chi connectivity index (χ0n) is 11.0. The first-order chi connectivity index (χ1) is 7.41. The summed E-state index contributed by atoms with van der Waals surface area (Å²) in [5.41, 5.74) is 0. The molecule has 0 fully saturated rings. The van der Waals surface area contributed by atoms with Crippen LogP contribution in [-0.4, -0.2) is 62.2 Å². The molecule has 4 nitrogen and oxygen atoms in total. The van der Waals surface area contributed by atoms with E-state index in [1.54, 1.807) is 25.9 Å². The number of hydrogen-bond acceptors (Lipinski definition) is 4. The number of likely N-dealkylation sites (N-methyl/N-ethyl adjacent to an activating group) is 1. The number of rotatable bonds is 8. The van der Waals surface area contributed by atoms with Crippen molar-refractivity contribution < 1.29 is 9.53 Å². The summed E-state index contributed by atoms with van der Waals surface area (Å²) in [5.74, 6) is 0.597. The molecule has 0 aliphatic heterocycles. The first-order valence-electron chi connectivity index (χ1n) is 5.43. The monoisotopic (exact) mass is 248 g/mol. The van der Waals surface area contributed by atoms with Crippen LogP contribution in [0.4, 0.5) is 0 Å². The molecule has 0 aromatic heterocycles. The van der Waals surface area contributed by atoms with E-state index < -0.39 is 0 Å². The van der Waals surface area contributed by atoms with Crippen LogP contribution in [0.15, 0.2) is 0 Å². The van der Waals surface area contributed by atoms with Crippen LogP contribution in [0.5, 0.6) is 0 Å². The maximum Gasteiger partial charge on any atom is 0.229 e. The van der Waals surface area contributed by atoms with Crippen molar-refractivity contribution in [3.8, 4) is 0 Å². The number of methoxy groups -OCH3 is 1. The Kier molecular flexibility index (Phi) is 7.80. The lowest BCUT2D eigenvalue weighted by Crippen LogP contribution is -2.37. The minimum absolute atomic E-state index is 0.0784. The Bertz CT molecular complexity index is 210. The fraction of sp³-hybridized carbons (Fsp3) is 0.909. The number of nitrogens with zero attached hydrogens (tertiary/aromatic N) is 1. The third-order valence-corrected chi connectivity index (χ3v) is 3.52. The van der Waals surface area contributed by atoms with Crippen molar-refractivity contribution in [3.05, 3.63) is 0 Å². The number of ether oxygens (including phenoxy) is 1. The van der Waals surface area contributed by atoms with E-state index in [-0.39, 0.29) is 10.7 Å². The smallest absolute Gasteiger partial charge is 0.229 e. The fourth-order valence-corrected chi connectivity index (χ4v) is 2.33.